The number of amides is 1. The molecule has 31 heavy (non-hydrogen) atoms. The quantitative estimate of drug-likeness (QED) is 0.368. The van der Waals surface area contributed by atoms with Gasteiger partial charge >= 0.3 is 6.18 Å². The standard InChI is InChI=1S/C22H20F3NO3S2/c1-4-13(2)29-17-9-8-14(10-18(17)28-3)11-19-20(27)26(21(30)31-19)16-7-5-6-15(12-16)22(23,24)25/h5-13H,4H2,1-3H3/b19-11+/t13-/m0/s1. The van der Waals surface area contributed by atoms with Crippen LogP contribution in [0.5, 0.6) is 11.5 Å². The van der Waals surface area contributed by atoms with E-state index in [1.807, 2.05) is 13.8 Å². The van der Waals surface area contributed by atoms with Crippen LogP contribution in [0.4, 0.5) is 18.9 Å². The molecule has 0 bridgehead atoms. The summed E-state index contributed by atoms with van der Waals surface area (Å²) in [7, 11) is 1.52. The van der Waals surface area contributed by atoms with Crippen LogP contribution in [0.3, 0.4) is 0 Å². The predicted octanol–water partition coefficient (Wildman–Crippen LogP) is 6.30. The van der Waals surface area contributed by atoms with Crippen molar-refractivity contribution in [1.29, 1.82) is 0 Å². The van der Waals surface area contributed by atoms with Gasteiger partial charge in [-0.15, -0.1) is 0 Å². The van der Waals surface area contributed by atoms with Gasteiger partial charge in [0.2, 0.25) is 0 Å². The second-order valence-corrected chi connectivity index (χ2v) is 8.49. The minimum Gasteiger partial charge on any atom is -0.493 e. The molecule has 1 saturated heterocycles. The molecule has 0 aromatic heterocycles. The van der Waals surface area contributed by atoms with Crippen molar-refractivity contribution in [3.63, 3.8) is 0 Å². The van der Waals surface area contributed by atoms with E-state index < -0.39 is 17.6 Å². The summed E-state index contributed by atoms with van der Waals surface area (Å²) in [5.74, 6) is 0.626. The van der Waals surface area contributed by atoms with E-state index in [0.29, 0.717) is 22.0 Å². The number of carbonyl (C=O) groups excluding carboxylic acids is 1. The van der Waals surface area contributed by atoms with Crippen LogP contribution in [0.25, 0.3) is 6.08 Å². The molecule has 9 heteroatoms. The van der Waals surface area contributed by atoms with Gasteiger partial charge in [0.1, 0.15) is 0 Å². The van der Waals surface area contributed by atoms with Crippen LogP contribution in [-0.4, -0.2) is 23.4 Å². The van der Waals surface area contributed by atoms with Crippen LogP contribution >= 0.6 is 24.0 Å². The normalized spacial score (nSPS) is 16.7. The van der Waals surface area contributed by atoms with Gasteiger partial charge in [-0.1, -0.05) is 43.0 Å². The van der Waals surface area contributed by atoms with Gasteiger partial charge in [-0.25, -0.2) is 0 Å². The summed E-state index contributed by atoms with van der Waals surface area (Å²) in [6.07, 6.45) is -2.03. The van der Waals surface area contributed by atoms with Crippen molar-refractivity contribution >= 4 is 46.0 Å². The Hall–Kier alpha value is -2.52. The average molecular weight is 468 g/mol. The van der Waals surface area contributed by atoms with Gasteiger partial charge in [-0.2, -0.15) is 13.2 Å². The highest BCUT2D eigenvalue weighted by molar-refractivity contribution is 8.27. The number of nitrogens with zero attached hydrogens (tertiary/aromatic N) is 1. The van der Waals surface area contributed by atoms with Crippen molar-refractivity contribution in [1.82, 2.24) is 0 Å². The molecule has 4 nitrogen and oxygen atoms in total. The summed E-state index contributed by atoms with van der Waals surface area (Å²) in [5.41, 5.74) is -0.0850. The lowest BCUT2D eigenvalue weighted by molar-refractivity contribution is -0.137. The lowest BCUT2D eigenvalue weighted by Crippen LogP contribution is -2.27. The Bertz CT molecular complexity index is 1040. The lowest BCUT2D eigenvalue weighted by Gasteiger charge is -2.16. The first-order valence-electron chi connectivity index (χ1n) is 9.44. The van der Waals surface area contributed by atoms with Crippen molar-refractivity contribution in [2.45, 2.75) is 32.5 Å². The Morgan fingerprint density at radius 1 is 1.19 bits per heavy atom. The second-order valence-electron chi connectivity index (χ2n) is 6.81. The number of alkyl halides is 3. The van der Waals surface area contributed by atoms with E-state index in [4.69, 9.17) is 21.7 Å². The highest BCUT2D eigenvalue weighted by atomic mass is 32.2. The van der Waals surface area contributed by atoms with E-state index in [1.54, 1.807) is 24.3 Å². The van der Waals surface area contributed by atoms with E-state index in [0.717, 1.165) is 35.2 Å². The van der Waals surface area contributed by atoms with Crippen molar-refractivity contribution in [2.24, 2.45) is 0 Å². The van der Waals surface area contributed by atoms with Crippen LogP contribution in [0.15, 0.2) is 47.4 Å². The molecule has 1 fully saturated rings. The number of carbonyl (C=O) groups is 1. The smallest absolute Gasteiger partial charge is 0.416 e. The lowest BCUT2D eigenvalue weighted by atomic mass is 10.1. The summed E-state index contributed by atoms with van der Waals surface area (Å²) >= 11 is 6.29. The maximum absolute atomic E-state index is 13.0. The predicted molar refractivity (Wildman–Crippen MR) is 120 cm³/mol. The molecule has 1 atom stereocenters. The van der Waals surface area contributed by atoms with Crippen molar-refractivity contribution < 1.29 is 27.4 Å². The largest absolute Gasteiger partial charge is 0.493 e. The van der Waals surface area contributed by atoms with Gasteiger partial charge in [0.15, 0.2) is 15.8 Å². The van der Waals surface area contributed by atoms with E-state index in [9.17, 15) is 18.0 Å². The monoisotopic (exact) mass is 467 g/mol. The number of ether oxygens (including phenoxy) is 2. The summed E-state index contributed by atoms with van der Waals surface area (Å²) in [4.78, 5) is 14.3. The summed E-state index contributed by atoms with van der Waals surface area (Å²) in [5, 5.41) is 0. The molecule has 2 aromatic carbocycles. The Labute approximate surface area is 188 Å². The van der Waals surface area contributed by atoms with Crippen molar-refractivity contribution in [2.75, 3.05) is 12.0 Å². The van der Waals surface area contributed by atoms with E-state index in [-0.39, 0.29) is 16.1 Å². The number of methoxy groups -OCH3 is 1. The molecular formula is C22H20F3NO3S2. The molecule has 2 aromatic rings. The molecule has 1 amide bonds. The highest BCUT2D eigenvalue weighted by Crippen LogP contribution is 2.39. The van der Waals surface area contributed by atoms with Crippen LogP contribution in [0.1, 0.15) is 31.4 Å². The number of thiocarbonyl (C=S) groups is 1. The number of rotatable bonds is 6. The highest BCUT2D eigenvalue weighted by Gasteiger charge is 2.36. The number of thioether (sulfide) groups is 1. The van der Waals surface area contributed by atoms with Crippen molar-refractivity contribution in [3.05, 3.63) is 58.5 Å². The molecular weight excluding hydrogens is 447 g/mol. The van der Waals surface area contributed by atoms with Gasteiger partial charge in [0.05, 0.1) is 29.4 Å². The van der Waals surface area contributed by atoms with Gasteiger partial charge in [0.25, 0.3) is 5.91 Å². The Morgan fingerprint density at radius 3 is 2.58 bits per heavy atom. The zero-order valence-electron chi connectivity index (χ0n) is 17.0. The van der Waals surface area contributed by atoms with E-state index in [2.05, 4.69) is 0 Å². The molecule has 1 aliphatic heterocycles. The second kappa shape index (κ2) is 9.32. The third-order valence-corrected chi connectivity index (χ3v) is 5.92. The maximum atomic E-state index is 13.0. The Morgan fingerprint density at radius 2 is 1.94 bits per heavy atom. The third-order valence-electron chi connectivity index (χ3n) is 4.61. The molecule has 1 heterocycles. The van der Waals surface area contributed by atoms with Crippen molar-refractivity contribution in [3.8, 4) is 11.5 Å². The van der Waals surface area contributed by atoms with Crippen LogP contribution < -0.4 is 14.4 Å². The molecule has 0 N–H and O–H groups in total. The third kappa shape index (κ3) is 5.22. The fraction of sp³-hybridized carbons (Fsp3) is 0.273. The summed E-state index contributed by atoms with van der Waals surface area (Å²) in [6.45, 7) is 3.96. The van der Waals surface area contributed by atoms with Crippen LogP contribution in [-0.2, 0) is 11.0 Å². The van der Waals surface area contributed by atoms with E-state index >= 15 is 0 Å². The molecule has 0 spiro atoms. The SMILES string of the molecule is CC[C@H](C)Oc1ccc(/C=C2/SC(=S)N(c3cccc(C(F)(F)F)c3)C2=O)cc1OC. The number of benzene rings is 2. The first-order valence-corrected chi connectivity index (χ1v) is 10.7. The summed E-state index contributed by atoms with van der Waals surface area (Å²) in [6, 6.07) is 9.80. The van der Waals surface area contributed by atoms with Crippen LogP contribution in [0, 0.1) is 0 Å². The topological polar surface area (TPSA) is 38.8 Å². The minimum absolute atomic E-state index is 0.0171. The number of anilines is 1. The zero-order chi connectivity index (χ0) is 22.8. The average Bonchev–Trinajstić information content (AvgIpc) is 3.01. The molecule has 0 unspecified atom stereocenters. The minimum atomic E-state index is -4.51. The Balaban J connectivity index is 1.89. The zero-order valence-corrected chi connectivity index (χ0v) is 18.7. The summed E-state index contributed by atoms with van der Waals surface area (Å²) < 4.78 is 50.5. The Kier molecular flexibility index (Phi) is 6.96. The van der Waals surface area contributed by atoms with Gasteiger partial charge in [0, 0.05) is 0 Å². The molecule has 1 aliphatic rings. The molecule has 0 radical (unpaired) electrons. The number of halogens is 3. The van der Waals surface area contributed by atoms with Gasteiger partial charge in [-0.05, 0) is 55.3 Å². The van der Waals surface area contributed by atoms with Gasteiger partial charge in [-0.3, -0.25) is 9.69 Å². The molecule has 164 valence electrons. The fourth-order valence-electron chi connectivity index (χ4n) is 2.83. The maximum Gasteiger partial charge on any atom is 0.416 e. The first kappa shape index (κ1) is 23.1. The first-order chi connectivity index (χ1) is 14.6. The molecule has 0 aliphatic carbocycles. The van der Waals surface area contributed by atoms with E-state index in [1.165, 1.54) is 19.2 Å². The molecule has 0 saturated carbocycles. The number of hydrogen-bond acceptors (Lipinski definition) is 5. The fourth-order valence-corrected chi connectivity index (χ4v) is 4.13. The van der Waals surface area contributed by atoms with Crippen LogP contribution in [0.2, 0.25) is 0 Å². The molecule has 3 rings (SSSR count). The van der Waals surface area contributed by atoms with Gasteiger partial charge < -0.3 is 9.47 Å². The number of hydrogen-bond donors (Lipinski definition) is 0.